The highest BCUT2D eigenvalue weighted by molar-refractivity contribution is 7.14. The van der Waals surface area contributed by atoms with Crippen LogP contribution >= 0.6 is 11.3 Å². The lowest BCUT2D eigenvalue weighted by Crippen LogP contribution is -2.13. The Balaban J connectivity index is 1.56. The van der Waals surface area contributed by atoms with E-state index in [1.54, 1.807) is 10.9 Å². The van der Waals surface area contributed by atoms with Gasteiger partial charge in [-0.05, 0) is 25.5 Å². The molecule has 1 N–H and O–H groups in total. The number of thiazole rings is 1. The summed E-state index contributed by atoms with van der Waals surface area (Å²) in [5, 5.41) is 9.80. The lowest BCUT2D eigenvalue weighted by Gasteiger charge is -2.08. The average Bonchev–Trinajstić information content (AvgIpc) is 3.30. The third-order valence-electron chi connectivity index (χ3n) is 4.39. The van der Waals surface area contributed by atoms with E-state index in [0.29, 0.717) is 10.7 Å². The molecule has 2 aromatic heterocycles. The van der Waals surface area contributed by atoms with Gasteiger partial charge in [0, 0.05) is 10.9 Å². The van der Waals surface area contributed by atoms with Crippen LogP contribution in [-0.4, -0.2) is 20.7 Å². The normalized spacial score (nSPS) is 10.7. The number of hydrogen-bond donors (Lipinski definition) is 1. The largest absolute Gasteiger partial charge is 0.298 e. The Morgan fingerprint density at radius 1 is 1.04 bits per heavy atom. The third-order valence-corrected chi connectivity index (χ3v) is 5.15. The molecule has 4 aromatic rings. The number of aromatic nitrogens is 3. The van der Waals surface area contributed by atoms with Gasteiger partial charge in [-0.2, -0.15) is 5.10 Å². The predicted octanol–water partition coefficient (Wildman–Crippen LogP) is 4.86. The highest BCUT2D eigenvalue weighted by Gasteiger charge is 2.17. The fourth-order valence-electron chi connectivity index (χ4n) is 2.91. The Bertz CT molecular complexity index is 1100. The van der Waals surface area contributed by atoms with E-state index in [0.717, 1.165) is 28.2 Å². The van der Waals surface area contributed by atoms with Gasteiger partial charge in [0.25, 0.3) is 5.91 Å². The Morgan fingerprint density at radius 2 is 1.78 bits per heavy atom. The Hall–Kier alpha value is -3.25. The molecule has 0 aliphatic heterocycles. The summed E-state index contributed by atoms with van der Waals surface area (Å²) in [6, 6.07) is 17.9. The lowest BCUT2D eigenvalue weighted by molar-refractivity contribution is 0.102. The molecule has 27 heavy (non-hydrogen) atoms. The van der Waals surface area contributed by atoms with E-state index >= 15 is 0 Å². The van der Waals surface area contributed by atoms with E-state index in [2.05, 4.69) is 15.4 Å². The Labute approximate surface area is 161 Å². The molecule has 0 unspecified atom stereocenters. The highest BCUT2D eigenvalue weighted by Crippen LogP contribution is 2.25. The molecule has 0 aliphatic rings. The Kier molecular flexibility index (Phi) is 4.56. The summed E-state index contributed by atoms with van der Waals surface area (Å²) >= 11 is 1.41. The molecule has 0 spiro atoms. The number of rotatable bonds is 4. The number of aryl methyl sites for hydroxylation is 1. The highest BCUT2D eigenvalue weighted by atomic mass is 32.1. The fourth-order valence-corrected chi connectivity index (χ4v) is 3.63. The number of anilines is 1. The van der Waals surface area contributed by atoms with Gasteiger partial charge in [0.15, 0.2) is 5.13 Å². The van der Waals surface area contributed by atoms with Crippen LogP contribution in [0.1, 0.15) is 21.6 Å². The van der Waals surface area contributed by atoms with Crippen LogP contribution in [0, 0.1) is 13.8 Å². The van der Waals surface area contributed by atoms with Gasteiger partial charge in [-0.15, -0.1) is 11.3 Å². The first-order chi connectivity index (χ1) is 13.1. The minimum Gasteiger partial charge on any atom is -0.298 e. The van der Waals surface area contributed by atoms with Crippen LogP contribution in [0.4, 0.5) is 5.13 Å². The topological polar surface area (TPSA) is 59.8 Å². The second kappa shape index (κ2) is 7.17. The van der Waals surface area contributed by atoms with Gasteiger partial charge in [0.2, 0.25) is 0 Å². The van der Waals surface area contributed by atoms with Gasteiger partial charge in [-0.25, -0.2) is 9.67 Å². The maximum absolute atomic E-state index is 12.7. The summed E-state index contributed by atoms with van der Waals surface area (Å²) in [5.41, 5.74) is 5.27. The standard InChI is InChI=1S/C21H18N4OS/c1-14-8-6-7-11-19(14)25-15(2)17(12-22-25)20(26)24-21-23-18(13-27-21)16-9-4-3-5-10-16/h3-13H,1-2H3,(H,23,24,26). The number of carbonyl (C=O) groups is 1. The predicted molar refractivity (Wildman–Crippen MR) is 109 cm³/mol. The molecule has 1 amide bonds. The second-order valence-electron chi connectivity index (χ2n) is 6.20. The van der Waals surface area contributed by atoms with Crippen LogP contribution < -0.4 is 5.32 Å². The van der Waals surface area contributed by atoms with E-state index in [1.807, 2.05) is 73.8 Å². The van der Waals surface area contributed by atoms with Crippen LogP contribution in [0.25, 0.3) is 16.9 Å². The number of amides is 1. The zero-order chi connectivity index (χ0) is 18.8. The van der Waals surface area contributed by atoms with Crippen molar-refractivity contribution in [1.29, 1.82) is 0 Å². The molecule has 2 aromatic carbocycles. The summed E-state index contributed by atoms with van der Waals surface area (Å²) in [4.78, 5) is 17.2. The zero-order valence-corrected chi connectivity index (χ0v) is 15.8. The van der Waals surface area contributed by atoms with Crippen LogP contribution in [0.2, 0.25) is 0 Å². The summed E-state index contributed by atoms with van der Waals surface area (Å²) in [7, 11) is 0. The van der Waals surface area contributed by atoms with E-state index in [4.69, 9.17) is 0 Å². The van der Waals surface area contributed by atoms with Gasteiger partial charge in [-0.3, -0.25) is 10.1 Å². The van der Waals surface area contributed by atoms with Crippen molar-refractivity contribution in [1.82, 2.24) is 14.8 Å². The molecule has 0 radical (unpaired) electrons. The van der Waals surface area contributed by atoms with Crippen LogP contribution in [0.5, 0.6) is 0 Å². The number of hydrogen-bond acceptors (Lipinski definition) is 4. The molecule has 5 nitrogen and oxygen atoms in total. The van der Waals surface area contributed by atoms with E-state index in [-0.39, 0.29) is 5.91 Å². The van der Waals surface area contributed by atoms with Crippen LogP contribution in [0.15, 0.2) is 66.2 Å². The van der Waals surface area contributed by atoms with Crippen molar-refractivity contribution in [2.24, 2.45) is 0 Å². The second-order valence-corrected chi connectivity index (χ2v) is 7.06. The molecule has 2 heterocycles. The van der Waals surface area contributed by atoms with E-state index < -0.39 is 0 Å². The zero-order valence-electron chi connectivity index (χ0n) is 15.0. The molecule has 6 heteroatoms. The quantitative estimate of drug-likeness (QED) is 0.555. The summed E-state index contributed by atoms with van der Waals surface area (Å²) < 4.78 is 1.79. The van der Waals surface area contributed by atoms with Gasteiger partial charge in [0.1, 0.15) is 0 Å². The van der Waals surface area contributed by atoms with Crippen molar-refractivity contribution in [3.8, 4) is 16.9 Å². The van der Waals surface area contributed by atoms with E-state index in [1.165, 1.54) is 11.3 Å². The SMILES string of the molecule is Cc1ccccc1-n1ncc(C(=O)Nc2nc(-c3ccccc3)cs2)c1C. The van der Waals surface area contributed by atoms with Crippen molar-refractivity contribution in [3.05, 3.63) is 83.0 Å². The lowest BCUT2D eigenvalue weighted by atomic mass is 10.2. The van der Waals surface area contributed by atoms with Gasteiger partial charge in [-0.1, -0.05) is 48.5 Å². The molecular weight excluding hydrogens is 356 g/mol. The van der Waals surface area contributed by atoms with Crippen molar-refractivity contribution in [2.75, 3.05) is 5.32 Å². The summed E-state index contributed by atoms with van der Waals surface area (Å²) in [6.45, 7) is 3.92. The number of benzene rings is 2. The fraction of sp³-hybridized carbons (Fsp3) is 0.0952. The van der Waals surface area contributed by atoms with Gasteiger partial charge >= 0.3 is 0 Å². The molecule has 0 saturated heterocycles. The minimum absolute atomic E-state index is 0.207. The maximum atomic E-state index is 12.7. The molecule has 0 fully saturated rings. The molecule has 4 rings (SSSR count). The third kappa shape index (κ3) is 3.39. The molecule has 0 aliphatic carbocycles. The van der Waals surface area contributed by atoms with Gasteiger partial charge in [0.05, 0.1) is 28.8 Å². The van der Waals surface area contributed by atoms with Crippen molar-refractivity contribution in [2.45, 2.75) is 13.8 Å². The molecular formula is C21H18N4OS. The first kappa shape index (κ1) is 17.2. The number of para-hydroxylation sites is 1. The van der Waals surface area contributed by atoms with Crippen LogP contribution in [0.3, 0.4) is 0 Å². The number of carbonyl (C=O) groups excluding carboxylic acids is 1. The molecule has 0 atom stereocenters. The van der Waals surface area contributed by atoms with Crippen molar-refractivity contribution in [3.63, 3.8) is 0 Å². The minimum atomic E-state index is -0.207. The van der Waals surface area contributed by atoms with Crippen molar-refractivity contribution < 1.29 is 4.79 Å². The average molecular weight is 374 g/mol. The first-order valence-electron chi connectivity index (χ1n) is 8.56. The molecule has 134 valence electrons. The van der Waals surface area contributed by atoms with Gasteiger partial charge < -0.3 is 0 Å². The molecule has 0 bridgehead atoms. The number of nitrogens with one attached hydrogen (secondary N) is 1. The summed E-state index contributed by atoms with van der Waals surface area (Å²) in [5.74, 6) is -0.207. The summed E-state index contributed by atoms with van der Waals surface area (Å²) in [6.07, 6.45) is 1.60. The molecule has 0 saturated carbocycles. The first-order valence-corrected chi connectivity index (χ1v) is 9.44. The monoisotopic (exact) mass is 374 g/mol. The maximum Gasteiger partial charge on any atom is 0.260 e. The number of nitrogens with zero attached hydrogens (tertiary/aromatic N) is 3. The van der Waals surface area contributed by atoms with Crippen molar-refractivity contribution >= 4 is 22.4 Å². The van der Waals surface area contributed by atoms with Crippen LogP contribution in [-0.2, 0) is 0 Å². The Morgan fingerprint density at radius 3 is 2.56 bits per heavy atom. The van der Waals surface area contributed by atoms with E-state index in [9.17, 15) is 4.79 Å². The smallest absolute Gasteiger partial charge is 0.260 e.